The maximum Gasteiger partial charge on any atom is 0.303 e. The molecule has 40 heteroatoms. The Morgan fingerprint density at radius 1 is 0.374 bits per heavy atom. The van der Waals surface area contributed by atoms with E-state index in [9.17, 15) is 60.1 Å². The molecular formula is C99H88Cl3N17O14S6. The predicted molar refractivity (Wildman–Crippen MR) is 550 cm³/mol. The minimum atomic E-state index is -4.10. The van der Waals surface area contributed by atoms with E-state index in [0.29, 0.717) is 136 Å². The first-order chi connectivity index (χ1) is 66.6. The van der Waals surface area contributed by atoms with Gasteiger partial charge >= 0.3 is 40.8 Å². The zero-order valence-electron chi connectivity index (χ0n) is 74.7. The van der Waals surface area contributed by atoms with Gasteiger partial charge in [-0.05, 0) is 242 Å². The maximum atomic E-state index is 13.2. The van der Waals surface area contributed by atoms with E-state index in [0.717, 1.165) is 83.3 Å². The molecule has 16 aromatic rings. The molecule has 9 heterocycles. The number of amides is 2. The van der Waals surface area contributed by atoms with Crippen LogP contribution in [0.4, 0.5) is 45.5 Å². The third-order valence-electron chi connectivity index (χ3n) is 23.5. The van der Waals surface area contributed by atoms with Crippen LogP contribution in [0.1, 0.15) is 44.7 Å². The SMILES string of the molecule is CN1CCN(c2ccc(S(=O)(=O)Nc3ccc(Cl)c(-c4nccc5ccccc45)c3)c(Cl)c2)S1(=O)=O.Cc1ccc(NC(=O)c2ccc(N3CCCNS3(=O)=O)cc2)cc1-c1nccc2ccccc12.Cc1ccc(NS(=O)(=O)c2ccc(N3CCN(C)S3(=O)=O)cc2)cc1-c1nccc2ccccc12.O=C(Nc1ccc(Cl)c(-c2ccc3cnccc3n2)c1)c1ccc(N2CCCNS2(=O)=O)cc1. The molecule has 0 radical (unpaired) electrons. The number of nitrogens with zero attached hydrogens (tertiary/aromatic N) is 11. The van der Waals surface area contributed by atoms with Crippen molar-refractivity contribution in [3.8, 4) is 45.0 Å². The molecule has 0 aliphatic carbocycles. The van der Waals surface area contributed by atoms with Crippen molar-refractivity contribution in [1.29, 1.82) is 0 Å². The molecule has 0 bridgehead atoms. The highest BCUT2D eigenvalue weighted by molar-refractivity contribution is 7.93. The maximum absolute atomic E-state index is 13.2. The van der Waals surface area contributed by atoms with E-state index in [2.05, 4.69) is 60.5 Å². The number of carbonyl (C=O) groups excluding carboxylic acids is 2. The van der Waals surface area contributed by atoms with Gasteiger partial charge in [-0.25, -0.2) is 21.8 Å². The number of nitrogens with one attached hydrogen (secondary N) is 6. The fourth-order valence-corrected chi connectivity index (χ4v) is 24.6. The van der Waals surface area contributed by atoms with Crippen molar-refractivity contribution in [3.63, 3.8) is 0 Å². The molecule has 6 N–H and O–H groups in total. The molecule has 4 fully saturated rings. The molecule has 710 valence electrons. The van der Waals surface area contributed by atoms with E-state index >= 15 is 0 Å². The molecule has 11 aromatic carbocycles. The average Bonchev–Trinajstić information content (AvgIpc) is 1.76. The first-order valence-electron chi connectivity index (χ1n) is 43.4. The van der Waals surface area contributed by atoms with Crippen molar-refractivity contribution in [2.24, 2.45) is 0 Å². The number of anilines is 8. The van der Waals surface area contributed by atoms with Gasteiger partial charge in [0.05, 0.1) is 71.0 Å². The van der Waals surface area contributed by atoms with E-state index in [1.165, 1.54) is 82.4 Å². The molecular weight excluding hydrogens is 1950 g/mol. The number of halogens is 3. The van der Waals surface area contributed by atoms with Gasteiger partial charge in [-0.2, -0.15) is 51.7 Å². The number of carbonyl (C=O) groups is 2. The number of aryl methyl sites for hydroxylation is 2. The van der Waals surface area contributed by atoms with E-state index in [1.807, 2.05) is 141 Å². The summed E-state index contributed by atoms with van der Waals surface area (Å²) < 4.78 is 169. The van der Waals surface area contributed by atoms with Crippen molar-refractivity contribution in [2.45, 2.75) is 36.5 Å². The molecule has 2 amide bonds. The van der Waals surface area contributed by atoms with E-state index in [4.69, 9.17) is 34.8 Å². The minimum absolute atomic E-state index is 0.0385. The fraction of sp³-hybridized carbons (Fsp3) is 0.141. The lowest BCUT2D eigenvalue weighted by Crippen LogP contribution is -2.47. The molecule has 0 spiro atoms. The number of pyridine rings is 5. The van der Waals surface area contributed by atoms with Crippen molar-refractivity contribution >= 4 is 196 Å². The van der Waals surface area contributed by atoms with Gasteiger partial charge in [0.1, 0.15) is 4.90 Å². The predicted octanol–water partition coefficient (Wildman–Crippen LogP) is 17.8. The molecule has 0 unspecified atom stereocenters. The third-order valence-corrected chi connectivity index (χ3v) is 34.4. The van der Waals surface area contributed by atoms with Gasteiger partial charge in [0.25, 0.3) is 31.9 Å². The lowest BCUT2D eigenvalue weighted by atomic mass is 9.99. The number of hydrogen-bond donors (Lipinski definition) is 6. The topological polar surface area (TPSA) is 395 Å². The Kier molecular flexibility index (Phi) is 28.2. The highest BCUT2D eigenvalue weighted by Gasteiger charge is 2.37. The number of aromatic nitrogens is 5. The summed E-state index contributed by atoms with van der Waals surface area (Å²) in [5.74, 6) is -0.594. The monoisotopic (exact) mass is 2040 g/mol. The number of benzene rings is 11. The number of rotatable bonds is 18. The molecule has 139 heavy (non-hydrogen) atoms. The Morgan fingerprint density at radius 2 is 0.784 bits per heavy atom. The average molecular weight is 2040 g/mol. The second kappa shape index (κ2) is 40.4. The largest absolute Gasteiger partial charge is 0.322 e. The van der Waals surface area contributed by atoms with Crippen LogP contribution in [0.2, 0.25) is 15.1 Å². The number of fused-ring (bicyclic) bond motifs is 4. The minimum Gasteiger partial charge on any atom is -0.322 e. The highest BCUT2D eigenvalue weighted by atomic mass is 35.5. The van der Waals surface area contributed by atoms with Gasteiger partial charge in [-0.15, -0.1) is 0 Å². The van der Waals surface area contributed by atoms with Gasteiger partial charge in [-0.3, -0.25) is 56.2 Å². The number of hydrogen-bond acceptors (Lipinski definition) is 19. The smallest absolute Gasteiger partial charge is 0.303 e. The van der Waals surface area contributed by atoms with Gasteiger partial charge < -0.3 is 10.6 Å². The van der Waals surface area contributed by atoms with Gasteiger partial charge in [0, 0.05) is 175 Å². The summed E-state index contributed by atoms with van der Waals surface area (Å²) in [5, 5.41) is 13.6. The summed E-state index contributed by atoms with van der Waals surface area (Å²) in [6, 6.07) is 79.1. The quantitative estimate of drug-likeness (QED) is 0.0465. The van der Waals surface area contributed by atoms with Gasteiger partial charge in [0.15, 0.2) is 0 Å². The molecule has 31 nitrogen and oxygen atoms in total. The molecule has 0 atom stereocenters. The zero-order chi connectivity index (χ0) is 97.9. The Balaban J connectivity index is 0.000000128. The van der Waals surface area contributed by atoms with Crippen LogP contribution in [0.15, 0.2) is 314 Å². The van der Waals surface area contributed by atoms with Crippen molar-refractivity contribution in [2.75, 3.05) is 104 Å². The third kappa shape index (κ3) is 21.2. The number of likely N-dealkylation sites (N-methyl/N-ethyl adjacent to an activating group) is 2. The highest BCUT2D eigenvalue weighted by Crippen LogP contribution is 2.40. The van der Waals surface area contributed by atoms with Crippen LogP contribution in [0.3, 0.4) is 0 Å². The van der Waals surface area contributed by atoms with Crippen LogP contribution in [0.25, 0.3) is 88.2 Å². The Hall–Kier alpha value is -13.6. The van der Waals surface area contributed by atoms with Gasteiger partial charge in [0.2, 0.25) is 0 Å². The van der Waals surface area contributed by atoms with Crippen LogP contribution < -0.4 is 46.7 Å². The van der Waals surface area contributed by atoms with Crippen LogP contribution in [-0.2, 0) is 60.9 Å². The van der Waals surface area contributed by atoms with Crippen LogP contribution >= 0.6 is 34.8 Å². The standard InChI is InChI=1S/C26H24N4O3S.C25H24N4O4S2.C24H20Cl2N4O4S2.C24H20ClN5O3S/c1-18-7-10-21(17-24(18)25-23-6-3-2-5-19(23)13-15-27-25)29-26(31)20-8-11-22(12-9-20)30-16-4-14-28-34(30,32)33;1-18-7-8-20(17-24(18)25-23-6-4-3-5-19(23)13-14-26-25)27-34(30,31)22-11-9-21(10-12-22)29-16-15-28(2)35(29,32)33;1-29-12-13-30(36(29,33)34)18-7-9-23(22(26)15-18)35(31,32)28-17-6-8-21(25)20(14-17)24-19-5-3-2-4-16(19)10-11-27-24;25-21-8-5-18(14-20(21)23-9-4-17-15-26-12-10-22(17)29-23)28-24(31)16-2-6-19(7-3-16)30-13-1-11-27-34(30,32)33/h2-3,5-13,15,17,28H,4,14,16H2,1H3,(H,29,31);3-14,17,27H,15-16H2,1-2H3;2-11,14-15,28H,12-13H2,1H3;2-10,12,14-15,27H,1,11,13H2,(H,28,31). The van der Waals surface area contributed by atoms with Gasteiger partial charge in [-0.1, -0.05) is 120 Å². The molecule has 4 aliphatic rings. The van der Waals surface area contributed by atoms with Crippen LogP contribution in [0.5, 0.6) is 0 Å². The van der Waals surface area contributed by atoms with Crippen molar-refractivity contribution < 1.29 is 60.1 Å². The summed E-state index contributed by atoms with van der Waals surface area (Å²) in [6.07, 6.45) is 10.1. The molecule has 4 aliphatic heterocycles. The normalized spacial score (nSPS) is 15.6. The first kappa shape index (κ1) is 97.0. The van der Waals surface area contributed by atoms with Crippen LogP contribution in [0, 0.1) is 13.8 Å². The Bertz CT molecular complexity index is 8220. The van der Waals surface area contributed by atoms with E-state index in [-0.39, 0.29) is 38.9 Å². The molecule has 20 rings (SSSR count). The van der Waals surface area contributed by atoms with Crippen molar-refractivity contribution in [1.82, 2.24) is 43.0 Å². The Labute approximate surface area is 819 Å². The Morgan fingerprint density at radius 3 is 1.27 bits per heavy atom. The fourth-order valence-electron chi connectivity index (χ4n) is 16.2. The first-order valence-corrected chi connectivity index (χ1v) is 53.2. The van der Waals surface area contributed by atoms with E-state index in [1.54, 1.807) is 128 Å². The molecule has 4 saturated heterocycles. The second-order valence-corrected chi connectivity index (χ2v) is 44.5. The molecule has 5 aromatic heterocycles. The van der Waals surface area contributed by atoms with Crippen LogP contribution in [-0.4, -0.2) is 162 Å². The molecule has 0 saturated carbocycles. The van der Waals surface area contributed by atoms with E-state index < -0.39 is 60.9 Å². The zero-order valence-corrected chi connectivity index (χ0v) is 81.8. The number of sulfonamides is 2. The van der Waals surface area contributed by atoms with Crippen molar-refractivity contribution in [3.05, 3.63) is 341 Å². The lowest BCUT2D eigenvalue weighted by Gasteiger charge is -2.28. The lowest BCUT2D eigenvalue weighted by molar-refractivity contribution is 0.101. The summed E-state index contributed by atoms with van der Waals surface area (Å²) in [6.45, 7) is 6.92. The summed E-state index contributed by atoms with van der Waals surface area (Å²) in [4.78, 5) is 48.0. The second-order valence-electron chi connectivity index (χ2n) is 32.6. The summed E-state index contributed by atoms with van der Waals surface area (Å²) in [5.41, 5.74) is 13.3. The summed E-state index contributed by atoms with van der Waals surface area (Å²) >= 11 is 19.2. The summed E-state index contributed by atoms with van der Waals surface area (Å²) in [7, 11) is -19.3.